The van der Waals surface area contributed by atoms with Gasteiger partial charge in [-0.15, -0.1) is 5.10 Å². The first-order valence-corrected chi connectivity index (χ1v) is 5.85. The summed E-state index contributed by atoms with van der Waals surface area (Å²) in [5.41, 5.74) is 1.82. The van der Waals surface area contributed by atoms with Crippen molar-refractivity contribution in [3.63, 3.8) is 0 Å². The quantitative estimate of drug-likeness (QED) is 0.598. The topological polar surface area (TPSA) is 74.1 Å². The molecule has 0 saturated carbocycles. The third-order valence-corrected chi connectivity index (χ3v) is 2.57. The molecule has 2 rings (SSSR count). The third kappa shape index (κ3) is 2.85. The Morgan fingerprint density at radius 2 is 2.21 bits per heavy atom. The van der Waals surface area contributed by atoms with E-state index in [1.165, 1.54) is 10.9 Å². The largest absolute Gasteiger partial charge is 0.465 e. The lowest BCUT2D eigenvalue weighted by atomic mass is 10.1. The van der Waals surface area contributed by atoms with Crippen molar-refractivity contribution in [2.45, 2.75) is 13.5 Å². The maximum atomic E-state index is 11.5. The monoisotopic (exact) mass is 259 g/mol. The van der Waals surface area contributed by atoms with E-state index in [0.29, 0.717) is 23.4 Å². The molecule has 0 radical (unpaired) electrons. The van der Waals surface area contributed by atoms with Gasteiger partial charge >= 0.3 is 5.97 Å². The summed E-state index contributed by atoms with van der Waals surface area (Å²) >= 11 is 0. The molecule has 0 spiro atoms. The molecule has 0 unspecified atom stereocenters. The van der Waals surface area contributed by atoms with E-state index in [2.05, 4.69) is 10.3 Å². The number of carbonyl (C=O) groups excluding carboxylic acids is 2. The molecule has 2 aromatic rings. The Labute approximate surface area is 110 Å². The van der Waals surface area contributed by atoms with Crippen molar-refractivity contribution in [3.8, 4) is 11.3 Å². The molecule has 0 N–H and O–H groups in total. The molecule has 1 aromatic heterocycles. The molecule has 0 amide bonds. The van der Waals surface area contributed by atoms with Crippen molar-refractivity contribution in [1.82, 2.24) is 15.0 Å². The summed E-state index contributed by atoms with van der Waals surface area (Å²) in [6.45, 7) is 2.02. The predicted octanol–water partition coefficient (Wildman–Crippen LogP) is 1.32. The van der Waals surface area contributed by atoms with Gasteiger partial charge in [0.15, 0.2) is 6.29 Å². The van der Waals surface area contributed by atoms with Gasteiger partial charge in [-0.05, 0) is 6.92 Å². The number of aromatic nitrogens is 3. The van der Waals surface area contributed by atoms with Crippen molar-refractivity contribution < 1.29 is 14.3 Å². The number of aldehydes is 1. The standard InChI is InChI=1S/C13H13N3O3/c1-2-19-13(18)8-16-12(7-14-15-16)11-6-4-3-5-10(11)9-17/h3-7,9H,2,8H2,1H3. The molecule has 98 valence electrons. The predicted molar refractivity (Wildman–Crippen MR) is 67.5 cm³/mol. The number of esters is 1. The molecule has 0 aliphatic heterocycles. The van der Waals surface area contributed by atoms with Crippen LogP contribution in [0, 0.1) is 0 Å². The third-order valence-electron chi connectivity index (χ3n) is 2.57. The van der Waals surface area contributed by atoms with Crippen LogP contribution in [0.5, 0.6) is 0 Å². The van der Waals surface area contributed by atoms with E-state index in [1.54, 1.807) is 25.1 Å². The molecule has 0 bridgehead atoms. The Balaban J connectivity index is 2.33. The maximum absolute atomic E-state index is 11.5. The molecule has 0 fully saturated rings. The lowest BCUT2D eigenvalue weighted by Crippen LogP contribution is -2.15. The normalized spacial score (nSPS) is 10.2. The summed E-state index contributed by atoms with van der Waals surface area (Å²) in [6, 6.07) is 7.06. The number of benzene rings is 1. The first kappa shape index (κ1) is 12.9. The Morgan fingerprint density at radius 3 is 2.95 bits per heavy atom. The van der Waals surface area contributed by atoms with Crippen molar-refractivity contribution in [3.05, 3.63) is 36.0 Å². The van der Waals surface area contributed by atoms with E-state index in [1.807, 2.05) is 6.07 Å². The van der Waals surface area contributed by atoms with Crippen molar-refractivity contribution in [2.75, 3.05) is 6.61 Å². The Morgan fingerprint density at radius 1 is 1.42 bits per heavy atom. The number of hydrogen-bond donors (Lipinski definition) is 0. The van der Waals surface area contributed by atoms with Crippen LogP contribution in [-0.4, -0.2) is 33.9 Å². The van der Waals surface area contributed by atoms with Gasteiger partial charge in [0.1, 0.15) is 6.54 Å². The van der Waals surface area contributed by atoms with Gasteiger partial charge in [0, 0.05) is 11.1 Å². The zero-order valence-corrected chi connectivity index (χ0v) is 10.4. The van der Waals surface area contributed by atoms with Crippen molar-refractivity contribution in [1.29, 1.82) is 0 Å². The van der Waals surface area contributed by atoms with Gasteiger partial charge in [-0.2, -0.15) is 0 Å². The minimum absolute atomic E-state index is 0.0314. The SMILES string of the molecule is CCOC(=O)Cn1nncc1-c1ccccc1C=O. The highest BCUT2D eigenvalue weighted by atomic mass is 16.5. The fraction of sp³-hybridized carbons (Fsp3) is 0.231. The second-order valence-corrected chi connectivity index (χ2v) is 3.79. The molecule has 0 saturated heterocycles. The minimum Gasteiger partial charge on any atom is -0.465 e. The Bertz CT molecular complexity index is 592. The summed E-state index contributed by atoms with van der Waals surface area (Å²) in [6.07, 6.45) is 2.28. The van der Waals surface area contributed by atoms with E-state index in [0.717, 1.165) is 6.29 Å². The van der Waals surface area contributed by atoms with Crippen LogP contribution < -0.4 is 0 Å². The molecule has 1 heterocycles. The van der Waals surface area contributed by atoms with Crippen LogP contribution in [0.3, 0.4) is 0 Å². The van der Waals surface area contributed by atoms with Crippen LogP contribution >= 0.6 is 0 Å². The number of rotatable bonds is 5. The first-order valence-electron chi connectivity index (χ1n) is 5.85. The molecular formula is C13H13N3O3. The number of nitrogens with zero attached hydrogens (tertiary/aromatic N) is 3. The summed E-state index contributed by atoms with van der Waals surface area (Å²) in [4.78, 5) is 22.5. The highest BCUT2D eigenvalue weighted by Crippen LogP contribution is 2.21. The fourth-order valence-corrected chi connectivity index (χ4v) is 1.74. The van der Waals surface area contributed by atoms with Gasteiger partial charge in [-0.3, -0.25) is 9.59 Å². The second kappa shape index (κ2) is 5.90. The first-order chi connectivity index (χ1) is 9.26. The lowest BCUT2D eigenvalue weighted by molar-refractivity contribution is -0.144. The molecule has 0 atom stereocenters. The summed E-state index contributed by atoms with van der Waals surface area (Å²) in [5.74, 6) is -0.391. The van der Waals surface area contributed by atoms with Crippen LogP contribution in [-0.2, 0) is 16.1 Å². The molecule has 6 heteroatoms. The Hall–Kier alpha value is -2.50. The minimum atomic E-state index is -0.391. The highest BCUT2D eigenvalue weighted by molar-refractivity contribution is 5.86. The van der Waals surface area contributed by atoms with Crippen molar-refractivity contribution >= 4 is 12.3 Å². The van der Waals surface area contributed by atoms with Gasteiger partial charge in [-0.25, -0.2) is 4.68 Å². The highest BCUT2D eigenvalue weighted by Gasteiger charge is 2.13. The summed E-state index contributed by atoms with van der Waals surface area (Å²) in [5, 5.41) is 7.62. The van der Waals surface area contributed by atoms with Gasteiger partial charge in [0.2, 0.25) is 0 Å². The average molecular weight is 259 g/mol. The van der Waals surface area contributed by atoms with Gasteiger partial charge < -0.3 is 4.74 Å². The van der Waals surface area contributed by atoms with E-state index in [-0.39, 0.29) is 6.54 Å². The second-order valence-electron chi connectivity index (χ2n) is 3.79. The van der Waals surface area contributed by atoms with Crippen LogP contribution in [0.4, 0.5) is 0 Å². The van der Waals surface area contributed by atoms with Crippen LogP contribution in [0.1, 0.15) is 17.3 Å². The van der Waals surface area contributed by atoms with E-state index in [9.17, 15) is 9.59 Å². The van der Waals surface area contributed by atoms with Crippen molar-refractivity contribution in [2.24, 2.45) is 0 Å². The summed E-state index contributed by atoms with van der Waals surface area (Å²) < 4.78 is 6.28. The zero-order chi connectivity index (χ0) is 13.7. The maximum Gasteiger partial charge on any atom is 0.327 e. The fourth-order valence-electron chi connectivity index (χ4n) is 1.74. The smallest absolute Gasteiger partial charge is 0.327 e. The molecule has 19 heavy (non-hydrogen) atoms. The van der Waals surface area contributed by atoms with E-state index >= 15 is 0 Å². The number of hydrogen-bond acceptors (Lipinski definition) is 5. The van der Waals surface area contributed by atoms with E-state index in [4.69, 9.17) is 4.74 Å². The Kier molecular flexibility index (Phi) is 4.02. The lowest BCUT2D eigenvalue weighted by Gasteiger charge is -2.07. The van der Waals surface area contributed by atoms with Crippen LogP contribution in [0.15, 0.2) is 30.5 Å². The van der Waals surface area contributed by atoms with Gasteiger partial charge in [0.05, 0.1) is 18.5 Å². The van der Waals surface area contributed by atoms with E-state index < -0.39 is 5.97 Å². The van der Waals surface area contributed by atoms with Crippen LogP contribution in [0.25, 0.3) is 11.3 Å². The van der Waals surface area contributed by atoms with Gasteiger partial charge in [-0.1, -0.05) is 29.5 Å². The van der Waals surface area contributed by atoms with Crippen LogP contribution in [0.2, 0.25) is 0 Å². The molecule has 0 aliphatic rings. The zero-order valence-electron chi connectivity index (χ0n) is 10.4. The number of carbonyl (C=O) groups is 2. The molecule has 0 aliphatic carbocycles. The molecule has 1 aromatic carbocycles. The average Bonchev–Trinajstić information content (AvgIpc) is 2.86. The summed E-state index contributed by atoms with van der Waals surface area (Å²) in [7, 11) is 0. The number of ether oxygens (including phenoxy) is 1. The molecular weight excluding hydrogens is 246 g/mol. The van der Waals surface area contributed by atoms with Gasteiger partial charge in [0.25, 0.3) is 0 Å². The molecule has 6 nitrogen and oxygen atoms in total.